The standard InChI is InChI=1S/C17H14BrNO3S/c18-15-3-1-2-13(8-15)11-22-10-12-4-6-14(7-5-12)16-9-17(20)19-23(16)21/h1-9H,10-11H2,(H,19,20). The van der Waals surface area contributed by atoms with Gasteiger partial charge in [0, 0.05) is 14.4 Å². The van der Waals surface area contributed by atoms with Gasteiger partial charge in [-0.15, -0.1) is 0 Å². The molecule has 118 valence electrons. The molecule has 0 aliphatic rings. The van der Waals surface area contributed by atoms with Gasteiger partial charge < -0.3 is 14.4 Å². The number of nitrogens with zero attached hydrogens (tertiary/aromatic N) is 1. The van der Waals surface area contributed by atoms with E-state index in [1.54, 1.807) is 0 Å². The van der Waals surface area contributed by atoms with Crippen LogP contribution in [-0.2, 0) is 18.0 Å². The molecule has 4 nitrogen and oxygen atoms in total. The molecule has 23 heavy (non-hydrogen) atoms. The Balaban J connectivity index is 1.60. The molecule has 3 rings (SSSR count). The van der Waals surface area contributed by atoms with Crippen molar-refractivity contribution in [3.8, 4) is 16.3 Å². The van der Waals surface area contributed by atoms with Gasteiger partial charge in [-0.05, 0) is 35.4 Å². The largest absolute Gasteiger partial charge is 0.568 e. The van der Waals surface area contributed by atoms with Crippen molar-refractivity contribution >= 4 is 26.9 Å². The topological polar surface area (TPSA) is 65.4 Å². The summed E-state index contributed by atoms with van der Waals surface area (Å²) in [7, 11) is -1.52. The van der Waals surface area contributed by atoms with E-state index in [1.165, 1.54) is 6.07 Å². The number of rotatable bonds is 5. The Hall–Kier alpha value is -1.73. The van der Waals surface area contributed by atoms with Crippen LogP contribution in [0.2, 0.25) is 0 Å². The zero-order valence-electron chi connectivity index (χ0n) is 12.1. The van der Waals surface area contributed by atoms with E-state index >= 15 is 0 Å². The van der Waals surface area contributed by atoms with Crippen LogP contribution in [0.3, 0.4) is 0 Å². The Morgan fingerprint density at radius 1 is 1.04 bits per heavy atom. The van der Waals surface area contributed by atoms with Crippen LogP contribution in [-0.4, -0.2) is 14.0 Å². The van der Waals surface area contributed by atoms with Gasteiger partial charge in [0.2, 0.25) is 4.88 Å². The fourth-order valence-electron chi connectivity index (χ4n) is 2.19. The molecule has 0 saturated heterocycles. The lowest BCUT2D eigenvalue weighted by Crippen LogP contribution is -1.94. The molecule has 0 aliphatic carbocycles. The van der Waals surface area contributed by atoms with Crippen molar-refractivity contribution < 1.29 is 14.4 Å². The summed E-state index contributed by atoms with van der Waals surface area (Å²) in [6, 6.07) is 17.0. The van der Waals surface area contributed by atoms with Crippen LogP contribution in [0.15, 0.2) is 59.1 Å². The lowest BCUT2D eigenvalue weighted by molar-refractivity contribution is 0.107. The van der Waals surface area contributed by atoms with Crippen molar-refractivity contribution in [1.29, 1.82) is 0 Å². The summed E-state index contributed by atoms with van der Waals surface area (Å²) < 4.78 is 22.0. The second kappa shape index (κ2) is 7.23. The Bertz CT molecular complexity index is 802. The molecule has 1 atom stereocenters. The predicted molar refractivity (Wildman–Crippen MR) is 92.6 cm³/mol. The number of aromatic nitrogens is 1. The van der Waals surface area contributed by atoms with E-state index in [2.05, 4.69) is 20.3 Å². The van der Waals surface area contributed by atoms with Crippen molar-refractivity contribution in [1.82, 2.24) is 4.37 Å². The number of hydrogen-bond donors (Lipinski definition) is 1. The second-order valence-corrected chi connectivity index (χ2v) is 7.06. The summed E-state index contributed by atoms with van der Waals surface area (Å²) in [4.78, 5) is 0.518. The third-order valence-corrected chi connectivity index (χ3v) is 4.87. The number of halogens is 1. The van der Waals surface area contributed by atoms with Crippen molar-refractivity contribution in [2.24, 2.45) is 0 Å². The Morgan fingerprint density at radius 2 is 1.78 bits per heavy atom. The number of hydrogen-bond acceptors (Lipinski definition) is 4. The molecular weight excluding hydrogens is 378 g/mol. The smallest absolute Gasteiger partial charge is 0.270 e. The zero-order valence-corrected chi connectivity index (χ0v) is 14.5. The van der Waals surface area contributed by atoms with E-state index in [1.807, 2.05) is 48.5 Å². The maximum atomic E-state index is 11.7. The Labute approximate surface area is 145 Å². The minimum Gasteiger partial charge on any atom is -0.568 e. The highest BCUT2D eigenvalue weighted by Gasteiger charge is 2.14. The summed E-state index contributed by atoms with van der Waals surface area (Å²) in [6.45, 7) is 1.04. The van der Waals surface area contributed by atoms with Gasteiger partial charge >= 0.3 is 0 Å². The minimum absolute atomic E-state index is 0.195. The van der Waals surface area contributed by atoms with Crippen molar-refractivity contribution in [3.63, 3.8) is 0 Å². The van der Waals surface area contributed by atoms with E-state index in [4.69, 9.17) is 4.74 Å². The average Bonchev–Trinajstić information content (AvgIpc) is 2.87. The van der Waals surface area contributed by atoms with Crippen LogP contribution in [0.5, 0.6) is 5.88 Å². The van der Waals surface area contributed by atoms with Gasteiger partial charge in [0.05, 0.1) is 30.2 Å². The highest BCUT2D eigenvalue weighted by molar-refractivity contribution is 9.10. The van der Waals surface area contributed by atoms with Crippen LogP contribution in [0.25, 0.3) is 10.4 Å². The fourth-order valence-corrected chi connectivity index (χ4v) is 3.50. The van der Waals surface area contributed by atoms with Gasteiger partial charge in [-0.1, -0.05) is 40.2 Å². The SMILES string of the molecule is [O-][s+]1nc(O)cc1-c1ccc(COCc2cccc(Br)c2)cc1. The van der Waals surface area contributed by atoms with Crippen LogP contribution < -0.4 is 0 Å². The molecule has 0 spiro atoms. The number of aromatic hydroxyl groups is 1. The third-order valence-electron chi connectivity index (χ3n) is 3.29. The second-order valence-electron chi connectivity index (χ2n) is 5.03. The molecule has 0 fully saturated rings. The Morgan fingerprint density at radius 3 is 2.43 bits per heavy atom. The molecule has 0 amide bonds. The fraction of sp³-hybridized carbons (Fsp3) is 0.118. The summed E-state index contributed by atoms with van der Waals surface area (Å²) >= 11 is 3.44. The van der Waals surface area contributed by atoms with Gasteiger partial charge in [0.15, 0.2) is 0 Å². The molecule has 1 heterocycles. The number of benzene rings is 2. The molecule has 3 aromatic rings. The molecule has 1 unspecified atom stereocenters. The highest BCUT2D eigenvalue weighted by Crippen LogP contribution is 2.33. The average molecular weight is 392 g/mol. The van der Waals surface area contributed by atoms with Crippen LogP contribution in [0.1, 0.15) is 11.1 Å². The van der Waals surface area contributed by atoms with Crippen LogP contribution >= 0.6 is 26.9 Å². The first-order valence-electron chi connectivity index (χ1n) is 6.94. The minimum atomic E-state index is -1.52. The van der Waals surface area contributed by atoms with Gasteiger partial charge in [-0.3, -0.25) is 0 Å². The van der Waals surface area contributed by atoms with Gasteiger partial charge in [-0.2, -0.15) is 0 Å². The quantitative estimate of drug-likeness (QED) is 0.642. The molecule has 1 aromatic heterocycles. The van der Waals surface area contributed by atoms with Gasteiger partial charge in [0.25, 0.3) is 5.88 Å². The van der Waals surface area contributed by atoms with E-state index in [0.29, 0.717) is 18.1 Å². The molecular formula is C17H14BrNO3S. The van der Waals surface area contributed by atoms with Crippen LogP contribution in [0.4, 0.5) is 0 Å². The molecule has 1 N–H and O–H groups in total. The van der Waals surface area contributed by atoms with Gasteiger partial charge in [-0.25, -0.2) is 0 Å². The van der Waals surface area contributed by atoms with Crippen molar-refractivity contribution in [3.05, 3.63) is 70.2 Å². The molecule has 0 bridgehead atoms. The molecule has 0 aliphatic heterocycles. The first-order valence-corrected chi connectivity index (χ1v) is 8.84. The predicted octanol–water partition coefficient (Wildman–Crippen LogP) is 4.66. The monoisotopic (exact) mass is 391 g/mol. The summed E-state index contributed by atoms with van der Waals surface area (Å²) in [5.41, 5.74) is 2.92. The molecule has 2 aromatic carbocycles. The highest BCUT2D eigenvalue weighted by atomic mass is 79.9. The summed E-state index contributed by atoms with van der Waals surface area (Å²) in [6.07, 6.45) is 0. The third kappa shape index (κ3) is 4.17. The van der Waals surface area contributed by atoms with Crippen molar-refractivity contribution in [2.75, 3.05) is 0 Å². The van der Waals surface area contributed by atoms with Gasteiger partial charge in [0.1, 0.15) is 0 Å². The molecule has 6 heteroatoms. The van der Waals surface area contributed by atoms with E-state index in [0.717, 1.165) is 21.2 Å². The number of ether oxygens (including phenoxy) is 1. The lowest BCUT2D eigenvalue weighted by Gasteiger charge is -2.06. The molecule has 0 saturated carbocycles. The van der Waals surface area contributed by atoms with Crippen LogP contribution in [0, 0.1) is 0 Å². The normalized spacial score (nSPS) is 11.7. The first-order chi connectivity index (χ1) is 11.1. The zero-order chi connectivity index (χ0) is 16.2. The summed E-state index contributed by atoms with van der Waals surface area (Å²) in [5, 5.41) is 9.29. The Kier molecular flexibility index (Phi) is 5.07. The van der Waals surface area contributed by atoms with E-state index in [-0.39, 0.29) is 5.88 Å². The maximum absolute atomic E-state index is 11.7. The van der Waals surface area contributed by atoms with E-state index < -0.39 is 10.9 Å². The van der Waals surface area contributed by atoms with E-state index in [9.17, 15) is 9.66 Å². The maximum Gasteiger partial charge on any atom is 0.270 e. The first kappa shape index (κ1) is 16.1. The lowest BCUT2D eigenvalue weighted by atomic mass is 10.1. The van der Waals surface area contributed by atoms with Crippen molar-refractivity contribution in [2.45, 2.75) is 13.2 Å². The summed E-state index contributed by atoms with van der Waals surface area (Å²) in [5.74, 6) is -0.195. The molecule has 0 radical (unpaired) electrons.